The number of amides is 2. The molecular weight excluding hydrogens is 352 g/mol. The van der Waals surface area contributed by atoms with Crippen LogP contribution in [-0.4, -0.2) is 27.6 Å². The predicted octanol–water partition coefficient (Wildman–Crippen LogP) is 3.83. The van der Waals surface area contributed by atoms with Crippen molar-refractivity contribution < 1.29 is 9.59 Å². The molecule has 0 spiro atoms. The van der Waals surface area contributed by atoms with E-state index in [1.54, 1.807) is 6.08 Å². The highest BCUT2D eigenvalue weighted by Gasteiger charge is 2.33. The first-order valence-electron chi connectivity index (χ1n) is 7.70. The van der Waals surface area contributed by atoms with E-state index in [0.29, 0.717) is 14.9 Å². The molecule has 0 radical (unpaired) electrons. The molecule has 126 valence electrons. The van der Waals surface area contributed by atoms with E-state index in [0.717, 1.165) is 11.1 Å². The normalized spacial score (nSPS) is 15.7. The molecular formula is C19H16N2O2S2. The maximum absolute atomic E-state index is 12.5. The fourth-order valence-electron chi connectivity index (χ4n) is 2.40. The van der Waals surface area contributed by atoms with Crippen molar-refractivity contribution in [3.05, 3.63) is 70.6 Å². The second kappa shape index (κ2) is 7.63. The zero-order valence-corrected chi connectivity index (χ0v) is 15.2. The first-order valence-corrected chi connectivity index (χ1v) is 8.92. The summed E-state index contributed by atoms with van der Waals surface area (Å²) in [5, 5.41) is 2.79. The Labute approximate surface area is 155 Å². The molecule has 0 aromatic heterocycles. The molecule has 2 aromatic rings. The lowest BCUT2D eigenvalue weighted by Gasteiger charge is -2.14. The predicted molar refractivity (Wildman–Crippen MR) is 106 cm³/mol. The lowest BCUT2D eigenvalue weighted by Crippen LogP contribution is -2.36. The number of hydrogen-bond donors (Lipinski definition) is 1. The Bertz CT molecular complexity index is 863. The van der Waals surface area contributed by atoms with Gasteiger partial charge in [-0.3, -0.25) is 14.5 Å². The van der Waals surface area contributed by atoms with Crippen LogP contribution in [0.25, 0.3) is 6.08 Å². The number of anilines is 1. The van der Waals surface area contributed by atoms with E-state index < -0.39 is 0 Å². The lowest BCUT2D eigenvalue weighted by atomic mass is 10.2. The summed E-state index contributed by atoms with van der Waals surface area (Å²) < 4.78 is 0.395. The smallest absolute Gasteiger partial charge is 0.266 e. The Hall–Kier alpha value is -2.44. The van der Waals surface area contributed by atoms with Crippen molar-refractivity contribution in [3.8, 4) is 0 Å². The summed E-state index contributed by atoms with van der Waals surface area (Å²) in [6.07, 6.45) is 1.79. The minimum Gasteiger partial charge on any atom is -0.325 e. The van der Waals surface area contributed by atoms with Gasteiger partial charge in [0.05, 0.1) is 4.91 Å². The third kappa shape index (κ3) is 4.35. The number of hydrogen-bond acceptors (Lipinski definition) is 4. The third-order valence-corrected chi connectivity index (χ3v) is 4.95. The largest absolute Gasteiger partial charge is 0.325 e. The summed E-state index contributed by atoms with van der Waals surface area (Å²) in [6.45, 7) is 1.86. The van der Waals surface area contributed by atoms with Gasteiger partial charge in [-0.2, -0.15) is 0 Å². The summed E-state index contributed by atoms with van der Waals surface area (Å²) in [5.74, 6) is -0.513. The SMILES string of the molecule is Cc1cccc(NC(=O)CN2C(=O)C(=Cc3ccccc3)SC2=S)c1. The van der Waals surface area contributed by atoms with Gasteiger partial charge in [0.25, 0.3) is 5.91 Å². The number of thiocarbonyl (C=S) groups is 1. The van der Waals surface area contributed by atoms with Crippen LogP contribution in [0.3, 0.4) is 0 Å². The number of rotatable bonds is 4. The van der Waals surface area contributed by atoms with Gasteiger partial charge >= 0.3 is 0 Å². The van der Waals surface area contributed by atoms with Crippen molar-refractivity contribution in [2.45, 2.75) is 6.92 Å². The molecule has 4 nitrogen and oxygen atoms in total. The van der Waals surface area contributed by atoms with Gasteiger partial charge in [0.2, 0.25) is 5.91 Å². The standard InChI is InChI=1S/C19H16N2O2S2/c1-13-6-5-9-15(10-13)20-17(22)12-21-18(23)16(25-19(21)24)11-14-7-3-2-4-8-14/h2-11H,12H2,1H3,(H,20,22). The molecule has 1 saturated heterocycles. The maximum Gasteiger partial charge on any atom is 0.266 e. The van der Waals surface area contributed by atoms with E-state index in [4.69, 9.17) is 12.2 Å². The van der Waals surface area contributed by atoms with Gasteiger partial charge in [-0.1, -0.05) is 66.4 Å². The molecule has 3 rings (SSSR count). The van der Waals surface area contributed by atoms with E-state index in [-0.39, 0.29) is 18.4 Å². The first-order chi connectivity index (χ1) is 12.0. The number of nitrogens with zero attached hydrogens (tertiary/aromatic N) is 1. The molecule has 0 bridgehead atoms. The number of nitrogens with one attached hydrogen (secondary N) is 1. The van der Waals surface area contributed by atoms with Crippen molar-refractivity contribution in [3.63, 3.8) is 0 Å². The molecule has 2 amide bonds. The molecule has 1 heterocycles. The Kier molecular flexibility index (Phi) is 5.31. The van der Waals surface area contributed by atoms with E-state index >= 15 is 0 Å². The van der Waals surface area contributed by atoms with Crippen LogP contribution < -0.4 is 5.32 Å². The minimum atomic E-state index is -0.275. The molecule has 1 aliphatic heterocycles. The Morgan fingerprint density at radius 3 is 2.68 bits per heavy atom. The Balaban J connectivity index is 1.68. The number of benzene rings is 2. The number of carbonyl (C=O) groups excluding carboxylic acids is 2. The second-order valence-electron chi connectivity index (χ2n) is 5.60. The van der Waals surface area contributed by atoms with Crippen molar-refractivity contribution in [2.75, 3.05) is 11.9 Å². The van der Waals surface area contributed by atoms with Crippen LogP contribution in [0.2, 0.25) is 0 Å². The van der Waals surface area contributed by atoms with Crippen LogP contribution in [0.4, 0.5) is 5.69 Å². The molecule has 6 heteroatoms. The summed E-state index contributed by atoms with van der Waals surface area (Å²) in [4.78, 5) is 26.6. The van der Waals surface area contributed by atoms with Crippen LogP contribution in [0.15, 0.2) is 59.5 Å². The van der Waals surface area contributed by atoms with Crippen LogP contribution in [0.5, 0.6) is 0 Å². The topological polar surface area (TPSA) is 49.4 Å². The summed E-state index contributed by atoms with van der Waals surface area (Å²) >= 11 is 6.48. The number of carbonyl (C=O) groups is 2. The van der Waals surface area contributed by atoms with E-state index in [2.05, 4.69) is 5.32 Å². The molecule has 2 aromatic carbocycles. The maximum atomic E-state index is 12.5. The Morgan fingerprint density at radius 2 is 1.96 bits per heavy atom. The van der Waals surface area contributed by atoms with Crippen LogP contribution in [-0.2, 0) is 9.59 Å². The number of aryl methyl sites for hydroxylation is 1. The van der Waals surface area contributed by atoms with Gasteiger partial charge in [-0.15, -0.1) is 0 Å². The molecule has 1 fully saturated rings. The van der Waals surface area contributed by atoms with Gasteiger partial charge in [0.15, 0.2) is 0 Å². The highest BCUT2D eigenvalue weighted by Crippen LogP contribution is 2.32. The quantitative estimate of drug-likeness (QED) is 0.658. The molecule has 0 saturated carbocycles. The Morgan fingerprint density at radius 1 is 1.20 bits per heavy atom. The highest BCUT2D eigenvalue weighted by molar-refractivity contribution is 8.26. The second-order valence-corrected chi connectivity index (χ2v) is 7.27. The minimum absolute atomic E-state index is 0.0925. The lowest BCUT2D eigenvalue weighted by molar-refractivity contribution is -0.126. The van der Waals surface area contributed by atoms with E-state index in [9.17, 15) is 9.59 Å². The van der Waals surface area contributed by atoms with Crippen molar-refractivity contribution in [1.29, 1.82) is 0 Å². The van der Waals surface area contributed by atoms with Crippen LogP contribution in [0, 0.1) is 6.92 Å². The summed E-state index contributed by atoms with van der Waals surface area (Å²) in [6, 6.07) is 17.1. The van der Waals surface area contributed by atoms with Crippen LogP contribution in [0.1, 0.15) is 11.1 Å². The summed E-state index contributed by atoms with van der Waals surface area (Å²) in [5.41, 5.74) is 2.68. The van der Waals surface area contributed by atoms with Gasteiger partial charge < -0.3 is 5.32 Å². The zero-order valence-electron chi connectivity index (χ0n) is 13.6. The molecule has 25 heavy (non-hydrogen) atoms. The average Bonchev–Trinajstić information content (AvgIpc) is 2.83. The van der Waals surface area contributed by atoms with Crippen molar-refractivity contribution in [1.82, 2.24) is 4.90 Å². The third-order valence-electron chi connectivity index (χ3n) is 3.57. The number of thioether (sulfide) groups is 1. The molecule has 0 aliphatic carbocycles. The van der Waals surface area contributed by atoms with Crippen molar-refractivity contribution in [2.24, 2.45) is 0 Å². The molecule has 1 N–H and O–H groups in total. The zero-order chi connectivity index (χ0) is 17.8. The van der Waals surface area contributed by atoms with Gasteiger partial charge in [0.1, 0.15) is 10.9 Å². The molecule has 1 aliphatic rings. The first kappa shape index (κ1) is 17.4. The van der Waals surface area contributed by atoms with E-state index in [1.807, 2.05) is 61.5 Å². The fraction of sp³-hybridized carbons (Fsp3) is 0.105. The molecule has 0 unspecified atom stereocenters. The van der Waals surface area contributed by atoms with Crippen molar-refractivity contribution >= 4 is 51.9 Å². The van der Waals surface area contributed by atoms with Gasteiger partial charge in [-0.05, 0) is 36.3 Å². The highest BCUT2D eigenvalue weighted by atomic mass is 32.2. The van der Waals surface area contributed by atoms with Gasteiger partial charge in [0, 0.05) is 5.69 Å². The van der Waals surface area contributed by atoms with Gasteiger partial charge in [-0.25, -0.2) is 0 Å². The molecule has 0 atom stereocenters. The van der Waals surface area contributed by atoms with E-state index in [1.165, 1.54) is 16.7 Å². The average molecular weight is 368 g/mol. The fourth-order valence-corrected chi connectivity index (χ4v) is 3.66. The van der Waals surface area contributed by atoms with Crippen LogP contribution >= 0.6 is 24.0 Å². The summed E-state index contributed by atoms with van der Waals surface area (Å²) in [7, 11) is 0. The monoisotopic (exact) mass is 368 g/mol.